The lowest BCUT2D eigenvalue weighted by Gasteiger charge is -2.29. The van der Waals surface area contributed by atoms with Crippen molar-refractivity contribution in [2.24, 2.45) is 5.41 Å². The zero-order chi connectivity index (χ0) is 13.8. The molecule has 1 aliphatic carbocycles. The molecule has 0 aromatic heterocycles. The molecule has 18 heavy (non-hydrogen) atoms. The number of rotatable bonds is 7. The van der Waals surface area contributed by atoms with E-state index in [1.54, 1.807) is 18.7 Å². The fourth-order valence-electron chi connectivity index (χ4n) is 2.39. The Balaban J connectivity index is 2.39. The standard InChI is InChI=1S/C14H28N2O2/c1-5-7-14(8-9-14)10-15-12(17)16(6-2)11-13(3,4)18/h18H,5-11H2,1-4H3,(H,15,17). The van der Waals surface area contributed by atoms with Crippen molar-refractivity contribution in [1.82, 2.24) is 10.2 Å². The third-order valence-electron chi connectivity index (χ3n) is 3.60. The first kappa shape index (κ1) is 15.3. The van der Waals surface area contributed by atoms with Crippen LogP contribution in [0, 0.1) is 5.41 Å². The Morgan fingerprint density at radius 1 is 1.39 bits per heavy atom. The molecule has 0 atom stereocenters. The van der Waals surface area contributed by atoms with Gasteiger partial charge in [0, 0.05) is 13.1 Å². The van der Waals surface area contributed by atoms with Crippen LogP contribution in [0.5, 0.6) is 0 Å². The lowest BCUT2D eigenvalue weighted by Crippen LogP contribution is -2.47. The van der Waals surface area contributed by atoms with Crippen LogP contribution < -0.4 is 5.32 Å². The van der Waals surface area contributed by atoms with Crippen molar-refractivity contribution in [3.63, 3.8) is 0 Å². The molecule has 1 fully saturated rings. The summed E-state index contributed by atoms with van der Waals surface area (Å²) >= 11 is 0. The molecule has 0 aromatic rings. The Kier molecular flexibility index (Phi) is 5.02. The summed E-state index contributed by atoms with van der Waals surface area (Å²) in [5.41, 5.74) is -0.466. The summed E-state index contributed by atoms with van der Waals surface area (Å²) in [6.07, 6.45) is 4.85. The summed E-state index contributed by atoms with van der Waals surface area (Å²) in [4.78, 5) is 13.7. The molecular formula is C14H28N2O2. The minimum absolute atomic E-state index is 0.0537. The van der Waals surface area contributed by atoms with Gasteiger partial charge in [-0.25, -0.2) is 4.79 Å². The van der Waals surface area contributed by atoms with Crippen molar-refractivity contribution >= 4 is 6.03 Å². The average molecular weight is 256 g/mol. The minimum Gasteiger partial charge on any atom is -0.389 e. The zero-order valence-electron chi connectivity index (χ0n) is 12.3. The second-order valence-electron chi connectivity index (χ2n) is 6.24. The Morgan fingerprint density at radius 2 is 2.00 bits per heavy atom. The van der Waals surface area contributed by atoms with E-state index in [0.29, 0.717) is 18.5 Å². The monoisotopic (exact) mass is 256 g/mol. The number of amides is 2. The third-order valence-corrected chi connectivity index (χ3v) is 3.60. The minimum atomic E-state index is -0.839. The van der Waals surface area contributed by atoms with Gasteiger partial charge in [-0.2, -0.15) is 0 Å². The Bertz CT molecular complexity index is 280. The molecule has 0 spiro atoms. The number of urea groups is 1. The largest absolute Gasteiger partial charge is 0.389 e. The zero-order valence-corrected chi connectivity index (χ0v) is 12.3. The van der Waals surface area contributed by atoms with Gasteiger partial charge in [-0.05, 0) is 45.4 Å². The van der Waals surface area contributed by atoms with Gasteiger partial charge in [0.25, 0.3) is 0 Å². The smallest absolute Gasteiger partial charge is 0.317 e. The van der Waals surface area contributed by atoms with Crippen LogP contribution >= 0.6 is 0 Å². The van der Waals surface area contributed by atoms with Crippen LogP contribution in [0.2, 0.25) is 0 Å². The van der Waals surface area contributed by atoms with Crippen molar-refractivity contribution in [1.29, 1.82) is 0 Å². The van der Waals surface area contributed by atoms with E-state index in [9.17, 15) is 9.90 Å². The molecule has 1 saturated carbocycles. The van der Waals surface area contributed by atoms with Gasteiger partial charge in [-0.3, -0.25) is 0 Å². The van der Waals surface area contributed by atoms with Crippen LogP contribution in [0.15, 0.2) is 0 Å². The van der Waals surface area contributed by atoms with Gasteiger partial charge in [-0.15, -0.1) is 0 Å². The molecule has 1 aliphatic rings. The summed E-state index contributed by atoms with van der Waals surface area (Å²) in [5, 5.41) is 12.8. The number of aliphatic hydroxyl groups is 1. The first-order valence-corrected chi connectivity index (χ1v) is 7.07. The molecule has 0 aromatic carbocycles. The molecule has 0 saturated heterocycles. The fraction of sp³-hybridized carbons (Fsp3) is 0.929. The van der Waals surface area contributed by atoms with Crippen LogP contribution in [0.1, 0.15) is 53.4 Å². The topological polar surface area (TPSA) is 52.6 Å². The predicted molar refractivity (Wildman–Crippen MR) is 73.5 cm³/mol. The fourth-order valence-corrected chi connectivity index (χ4v) is 2.39. The van der Waals surface area contributed by atoms with E-state index in [1.807, 2.05) is 6.92 Å². The van der Waals surface area contributed by atoms with E-state index in [4.69, 9.17) is 0 Å². The second-order valence-corrected chi connectivity index (χ2v) is 6.24. The van der Waals surface area contributed by atoms with E-state index in [0.717, 1.165) is 6.54 Å². The summed E-state index contributed by atoms with van der Waals surface area (Å²) < 4.78 is 0. The molecule has 106 valence electrons. The van der Waals surface area contributed by atoms with Crippen molar-refractivity contribution in [2.75, 3.05) is 19.6 Å². The van der Waals surface area contributed by atoms with Gasteiger partial charge >= 0.3 is 6.03 Å². The maximum Gasteiger partial charge on any atom is 0.317 e. The van der Waals surface area contributed by atoms with Crippen LogP contribution in [0.4, 0.5) is 4.79 Å². The number of nitrogens with zero attached hydrogens (tertiary/aromatic N) is 1. The van der Waals surface area contributed by atoms with E-state index in [2.05, 4.69) is 12.2 Å². The van der Waals surface area contributed by atoms with Crippen LogP contribution in [0.3, 0.4) is 0 Å². The van der Waals surface area contributed by atoms with Gasteiger partial charge in [0.1, 0.15) is 0 Å². The summed E-state index contributed by atoms with van der Waals surface area (Å²) in [6.45, 7) is 9.35. The van der Waals surface area contributed by atoms with Gasteiger partial charge < -0.3 is 15.3 Å². The van der Waals surface area contributed by atoms with Gasteiger partial charge in [0.05, 0.1) is 12.1 Å². The molecule has 0 aliphatic heterocycles. The number of hydrogen-bond donors (Lipinski definition) is 2. The summed E-state index contributed by atoms with van der Waals surface area (Å²) in [7, 11) is 0. The van der Waals surface area contributed by atoms with Crippen LogP contribution in [0.25, 0.3) is 0 Å². The number of likely N-dealkylation sites (N-methyl/N-ethyl adjacent to an activating group) is 1. The summed E-state index contributed by atoms with van der Waals surface area (Å²) in [6, 6.07) is -0.0537. The maximum atomic E-state index is 12.0. The molecule has 2 N–H and O–H groups in total. The van der Waals surface area contributed by atoms with E-state index >= 15 is 0 Å². The quantitative estimate of drug-likeness (QED) is 0.734. The molecule has 0 heterocycles. The molecule has 0 bridgehead atoms. The lowest BCUT2D eigenvalue weighted by atomic mass is 10.0. The predicted octanol–water partition coefficient (Wildman–Crippen LogP) is 2.37. The Labute approximate surface area is 111 Å². The van der Waals surface area contributed by atoms with Gasteiger partial charge in [0.2, 0.25) is 0 Å². The van der Waals surface area contributed by atoms with E-state index in [-0.39, 0.29) is 6.03 Å². The molecule has 4 heteroatoms. The van der Waals surface area contributed by atoms with Crippen LogP contribution in [-0.2, 0) is 0 Å². The average Bonchev–Trinajstić information content (AvgIpc) is 3.02. The van der Waals surface area contributed by atoms with Crippen molar-refractivity contribution in [2.45, 2.75) is 59.0 Å². The van der Waals surface area contributed by atoms with E-state index in [1.165, 1.54) is 25.7 Å². The first-order valence-electron chi connectivity index (χ1n) is 7.07. The second kappa shape index (κ2) is 5.91. The van der Waals surface area contributed by atoms with Gasteiger partial charge in [0.15, 0.2) is 0 Å². The Morgan fingerprint density at radius 3 is 2.39 bits per heavy atom. The normalized spacial score (nSPS) is 17.4. The highest BCUT2D eigenvalue weighted by atomic mass is 16.3. The third kappa shape index (κ3) is 4.84. The highest BCUT2D eigenvalue weighted by molar-refractivity contribution is 5.74. The van der Waals surface area contributed by atoms with Gasteiger partial charge in [-0.1, -0.05) is 13.3 Å². The number of nitrogens with one attached hydrogen (secondary N) is 1. The van der Waals surface area contributed by atoms with Crippen molar-refractivity contribution < 1.29 is 9.90 Å². The highest BCUT2D eigenvalue weighted by Crippen LogP contribution is 2.48. The number of carbonyl (C=O) groups excluding carboxylic acids is 1. The van der Waals surface area contributed by atoms with Crippen LogP contribution in [-0.4, -0.2) is 41.3 Å². The Hall–Kier alpha value is -0.770. The molecule has 4 nitrogen and oxygen atoms in total. The molecule has 2 amide bonds. The molecule has 1 rings (SSSR count). The molecule has 0 unspecified atom stereocenters. The first-order chi connectivity index (χ1) is 8.32. The number of hydrogen-bond acceptors (Lipinski definition) is 2. The SMILES string of the molecule is CCCC1(CNC(=O)N(CC)CC(C)(C)O)CC1. The maximum absolute atomic E-state index is 12.0. The summed E-state index contributed by atoms with van der Waals surface area (Å²) in [5.74, 6) is 0. The van der Waals surface area contributed by atoms with E-state index < -0.39 is 5.60 Å². The lowest BCUT2D eigenvalue weighted by molar-refractivity contribution is 0.0478. The van der Waals surface area contributed by atoms with Crippen molar-refractivity contribution in [3.05, 3.63) is 0 Å². The molecular weight excluding hydrogens is 228 g/mol. The number of carbonyl (C=O) groups is 1. The highest BCUT2D eigenvalue weighted by Gasteiger charge is 2.41. The molecule has 0 radical (unpaired) electrons. The van der Waals surface area contributed by atoms with Crippen molar-refractivity contribution in [3.8, 4) is 0 Å².